The molecule has 0 amide bonds. The van der Waals surface area contributed by atoms with E-state index in [0.717, 1.165) is 6.42 Å². The number of ether oxygens (including phenoxy) is 8. The summed E-state index contributed by atoms with van der Waals surface area (Å²) in [5, 5.41) is 153. The van der Waals surface area contributed by atoms with Gasteiger partial charge in [0, 0.05) is 16.2 Å². The number of aliphatic hydroxyl groups is 13. The van der Waals surface area contributed by atoms with E-state index < -0.39 is 163 Å². The van der Waals surface area contributed by atoms with Gasteiger partial charge in [-0.15, -0.1) is 0 Å². The van der Waals surface area contributed by atoms with Crippen LogP contribution in [-0.2, 0) is 42.7 Å². The number of aliphatic carboxylic acids is 1. The lowest BCUT2D eigenvalue weighted by Gasteiger charge is -2.72. The van der Waals surface area contributed by atoms with Crippen LogP contribution in [0.5, 0.6) is 0 Å². The molecule has 430 valence electrons. The highest BCUT2D eigenvalue weighted by molar-refractivity contribution is 5.73. The highest BCUT2D eigenvalue weighted by Crippen LogP contribution is 2.76. The van der Waals surface area contributed by atoms with Crippen molar-refractivity contribution in [1.29, 1.82) is 0 Å². The minimum Gasteiger partial charge on any atom is -0.479 e. The van der Waals surface area contributed by atoms with Crippen molar-refractivity contribution in [3.8, 4) is 0 Å². The predicted octanol–water partition coefficient (Wildman–Crippen LogP) is -2.25. The Bertz CT molecular complexity index is 2090. The molecule has 4 aliphatic heterocycles. The smallest absolute Gasteiger partial charge is 0.335 e. The summed E-state index contributed by atoms with van der Waals surface area (Å²) < 4.78 is 48.3. The van der Waals surface area contributed by atoms with Crippen molar-refractivity contribution < 1.29 is 114 Å². The number of carboxylic acids is 1. The van der Waals surface area contributed by atoms with Crippen LogP contribution in [-0.4, -0.2) is 233 Å². The van der Waals surface area contributed by atoms with Crippen molar-refractivity contribution in [3.63, 3.8) is 0 Å². The van der Waals surface area contributed by atoms with Crippen LogP contribution in [0.2, 0.25) is 0 Å². The molecule has 4 heterocycles. The summed E-state index contributed by atoms with van der Waals surface area (Å²) in [7, 11) is 0. The van der Waals surface area contributed by atoms with E-state index in [9.17, 15) is 76.3 Å². The Labute approximate surface area is 436 Å². The number of allylic oxidation sites excluding steroid dienone is 2. The molecule has 0 radical (unpaired) electrons. The van der Waals surface area contributed by atoms with Crippen LogP contribution in [0.3, 0.4) is 0 Å². The molecule has 0 spiro atoms. The van der Waals surface area contributed by atoms with Crippen molar-refractivity contribution >= 4 is 5.97 Å². The molecular weight excluding hydrogens is 993 g/mol. The maximum Gasteiger partial charge on any atom is 0.335 e. The van der Waals surface area contributed by atoms with E-state index in [4.69, 9.17) is 37.9 Å². The Morgan fingerprint density at radius 3 is 1.89 bits per heavy atom. The monoisotopic (exact) mass is 1080 g/mol. The minimum atomic E-state index is -2.07. The van der Waals surface area contributed by atoms with Gasteiger partial charge >= 0.3 is 5.97 Å². The van der Waals surface area contributed by atoms with Gasteiger partial charge in [-0.25, -0.2) is 4.79 Å². The van der Waals surface area contributed by atoms with Crippen LogP contribution in [0.1, 0.15) is 99.8 Å². The lowest BCUT2D eigenvalue weighted by Crippen LogP contribution is -2.69. The van der Waals surface area contributed by atoms with E-state index in [-0.39, 0.29) is 48.4 Å². The van der Waals surface area contributed by atoms with E-state index in [1.165, 1.54) is 12.5 Å². The zero-order valence-corrected chi connectivity index (χ0v) is 43.9. The molecule has 23 nitrogen and oxygen atoms in total. The lowest BCUT2D eigenvalue weighted by atomic mass is 9.33. The first-order valence-electron chi connectivity index (χ1n) is 26.9. The van der Waals surface area contributed by atoms with Crippen LogP contribution >= 0.6 is 0 Å². The van der Waals surface area contributed by atoms with Gasteiger partial charge in [0.2, 0.25) is 0 Å². The third-order valence-electron chi connectivity index (χ3n) is 21.3. The van der Waals surface area contributed by atoms with Crippen molar-refractivity contribution in [2.45, 2.75) is 229 Å². The van der Waals surface area contributed by atoms with Gasteiger partial charge in [0.05, 0.1) is 50.8 Å². The largest absolute Gasteiger partial charge is 0.479 e. The number of carboxylic acid groups (broad SMARTS) is 1. The molecule has 4 saturated heterocycles. The second-order valence-corrected chi connectivity index (χ2v) is 25.3. The Morgan fingerprint density at radius 2 is 1.24 bits per heavy atom. The average Bonchev–Trinajstić information content (AvgIpc) is 3.37. The maximum absolute atomic E-state index is 12.5. The average molecular weight is 1080 g/mol. The second-order valence-electron chi connectivity index (χ2n) is 25.3. The van der Waals surface area contributed by atoms with Crippen LogP contribution in [0.4, 0.5) is 0 Å². The highest BCUT2D eigenvalue weighted by Gasteiger charge is 2.71. The van der Waals surface area contributed by atoms with Gasteiger partial charge in [0.25, 0.3) is 0 Å². The van der Waals surface area contributed by atoms with E-state index in [1.54, 1.807) is 0 Å². The zero-order valence-electron chi connectivity index (χ0n) is 43.9. The molecule has 9 rings (SSSR count). The SMILES string of the molecule is C[C@@H]1O[C@@H](O[C@H]2[C@H](O[C@H]3[C@H](O[C@H]4CC[C@@]5(C)[C@H](CC[C@]6(C)[C@@H]5CC=C5[C@@H]7C[C@](C)(CO)[C@@H](O)[C@@H](O[C@@H]8OC[C@H](O)[C@H](O)[C@H]8O)[C@]7(C)CC[C@]56C)[C@@]4(C)CO)O[C@H](C(=O)O)[C@@H](O)[C@@H]3O)OC[C@H](O)[C@@H]2O)[C@H](O)[C@H](O)[C@H]1O. The first-order chi connectivity index (χ1) is 35.1. The Morgan fingerprint density at radius 1 is 0.613 bits per heavy atom. The molecule has 0 bridgehead atoms. The number of carbonyl (C=O) groups is 1. The predicted molar refractivity (Wildman–Crippen MR) is 254 cm³/mol. The molecule has 8 fully saturated rings. The molecule has 0 aromatic rings. The Balaban J connectivity index is 0.979. The molecule has 14 N–H and O–H groups in total. The Kier molecular flexibility index (Phi) is 16.0. The summed E-state index contributed by atoms with van der Waals surface area (Å²) in [4.78, 5) is 12.5. The Hall–Kier alpha value is -1.63. The molecule has 75 heavy (non-hydrogen) atoms. The number of aliphatic hydroxyl groups excluding tert-OH is 13. The van der Waals surface area contributed by atoms with E-state index >= 15 is 0 Å². The first-order valence-corrected chi connectivity index (χ1v) is 26.9. The molecule has 0 unspecified atom stereocenters. The van der Waals surface area contributed by atoms with Crippen molar-refractivity contribution in [2.24, 2.45) is 50.2 Å². The fraction of sp³-hybridized carbons (Fsp3) is 0.942. The highest BCUT2D eigenvalue weighted by atomic mass is 16.8. The number of fused-ring (bicyclic) bond motifs is 7. The van der Waals surface area contributed by atoms with Crippen molar-refractivity contribution in [3.05, 3.63) is 11.6 Å². The van der Waals surface area contributed by atoms with E-state index in [2.05, 4.69) is 33.8 Å². The number of hydrogen-bond acceptors (Lipinski definition) is 22. The summed E-state index contributed by atoms with van der Waals surface area (Å²) in [6, 6.07) is 0. The molecule has 4 saturated carbocycles. The minimum absolute atomic E-state index is 0.0781. The van der Waals surface area contributed by atoms with Gasteiger partial charge in [-0.1, -0.05) is 53.2 Å². The maximum atomic E-state index is 12.5. The fourth-order valence-electron chi connectivity index (χ4n) is 16.1. The zero-order chi connectivity index (χ0) is 54.9. The standard InChI is InChI=1S/C52H84O23/c1-21-29(57)32(60)36(64)44(70-21)73-38-31(59)25(56)18-69-45(38)74-39-34(62)33(61)37(42(66)67)72-46(39)71-28-11-12-49(4)26(50(28,5)20-54)10-13-52(7)27(49)9-8-22-23-16-47(2,19-53)40(65)41(48(23,3)14-15-51(22,52)6)75-43-35(63)30(58)24(55)17-68-43/h8,21,23-41,43-46,53-65H,9-20H2,1-7H3,(H,66,67)/t21-,23-,24-,25-,26-,27+,28-,29-,30-,31-,32+,33-,34-,35+,36+,37-,38+,39+,40-,41+,43-,44-,45-,46+,47+,48+,49-,50+,51+,52+/m0/s1. The topological polar surface area (TPSA) is 374 Å². The van der Waals surface area contributed by atoms with Crippen LogP contribution < -0.4 is 0 Å². The first kappa shape index (κ1) is 58.0. The molecule has 5 aliphatic carbocycles. The molecule has 0 aromatic heterocycles. The van der Waals surface area contributed by atoms with Crippen LogP contribution in [0, 0.1) is 50.2 Å². The lowest BCUT2D eigenvalue weighted by molar-refractivity contribution is -0.387. The third-order valence-corrected chi connectivity index (χ3v) is 21.3. The van der Waals surface area contributed by atoms with Crippen molar-refractivity contribution in [2.75, 3.05) is 26.4 Å². The quantitative estimate of drug-likeness (QED) is 0.0768. The van der Waals surface area contributed by atoms with Crippen LogP contribution in [0.15, 0.2) is 11.6 Å². The van der Waals surface area contributed by atoms with Gasteiger partial charge in [0.1, 0.15) is 73.2 Å². The summed E-state index contributed by atoms with van der Waals surface area (Å²) in [5.74, 6) is -1.89. The second kappa shape index (κ2) is 20.7. The van der Waals surface area contributed by atoms with Gasteiger partial charge in [-0.05, 0) is 92.3 Å². The molecule has 30 atom stereocenters. The number of hydrogen-bond donors (Lipinski definition) is 14. The van der Waals surface area contributed by atoms with Crippen molar-refractivity contribution in [1.82, 2.24) is 0 Å². The van der Waals surface area contributed by atoms with Gasteiger partial charge in [0.15, 0.2) is 31.3 Å². The number of rotatable bonds is 11. The molecule has 0 aromatic carbocycles. The van der Waals surface area contributed by atoms with E-state index in [1.807, 2.05) is 13.8 Å². The summed E-state index contributed by atoms with van der Waals surface area (Å²) >= 11 is 0. The molecule has 23 heteroatoms. The van der Waals surface area contributed by atoms with Crippen LogP contribution in [0.25, 0.3) is 0 Å². The third kappa shape index (κ3) is 9.11. The van der Waals surface area contributed by atoms with Gasteiger partial charge in [-0.2, -0.15) is 0 Å². The summed E-state index contributed by atoms with van der Waals surface area (Å²) in [5.41, 5.74) is -2.58. The van der Waals surface area contributed by atoms with Gasteiger partial charge < -0.3 is 109 Å². The van der Waals surface area contributed by atoms with Gasteiger partial charge in [-0.3, -0.25) is 0 Å². The molecular formula is C52H84O23. The van der Waals surface area contributed by atoms with E-state index in [0.29, 0.717) is 44.9 Å². The fourth-order valence-corrected chi connectivity index (χ4v) is 16.1. The summed E-state index contributed by atoms with van der Waals surface area (Å²) in [6.07, 6.45) is -25.7. The summed E-state index contributed by atoms with van der Waals surface area (Å²) in [6.45, 7) is 12.7. The normalized spacial score (nSPS) is 57.1. The molecule has 9 aliphatic rings.